The molecule has 1 aromatic carbocycles. The van der Waals surface area contributed by atoms with Crippen LogP contribution in [0.2, 0.25) is 0 Å². The van der Waals surface area contributed by atoms with Crippen molar-refractivity contribution in [1.82, 2.24) is 5.32 Å². The molecule has 1 unspecified atom stereocenters. The third kappa shape index (κ3) is 4.49. The number of amides is 1. The van der Waals surface area contributed by atoms with Gasteiger partial charge in [0.2, 0.25) is 5.82 Å². The van der Waals surface area contributed by atoms with E-state index in [1.165, 1.54) is 6.07 Å². The molecule has 0 aliphatic rings. The number of hydrogen-bond donors (Lipinski definition) is 2. The highest BCUT2D eigenvalue weighted by Crippen LogP contribution is 2.23. The van der Waals surface area contributed by atoms with Crippen LogP contribution in [0.1, 0.15) is 37.6 Å². The molecule has 116 valence electrons. The van der Waals surface area contributed by atoms with Crippen LogP contribution >= 0.6 is 0 Å². The minimum absolute atomic E-state index is 0.00490. The Bertz CT molecular complexity index is 540. The lowest BCUT2D eigenvalue weighted by Gasteiger charge is -2.31. The Morgan fingerprint density at radius 3 is 2.52 bits per heavy atom. The van der Waals surface area contributed by atoms with Crippen molar-refractivity contribution in [3.63, 3.8) is 0 Å². The van der Waals surface area contributed by atoms with E-state index in [-0.39, 0.29) is 23.6 Å². The molecule has 1 amide bonds. The molecule has 21 heavy (non-hydrogen) atoms. The molecule has 7 heteroatoms. The van der Waals surface area contributed by atoms with Gasteiger partial charge in [0.05, 0.1) is 4.92 Å². The third-order valence-electron chi connectivity index (χ3n) is 3.18. The van der Waals surface area contributed by atoms with Gasteiger partial charge in [-0.2, -0.15) is 4.39 Å². The van der Waals surface area contributed by atoms with Gasteiger partial charge in [0.25, 0.3) is 5.91 Å². The maximum Gasteiger partial charge on any atom is 0.304 e. The van der Waals surface area contributed by atoms with E-state index in [1.807, 2.05) is 20.8 Å². The summed E-state index contributed by atoms with van der Waals surface area (Å²) < 4.78 is 13.5. The minimum atomic E-state index is -1.05. The zero-order valence-electron chi connectivity index (χ0n) is 12.2. The van der Waals surface area contributed by atoms with Crippen LogP contribution in [0.5, 0.6) is 0 Å². The number of aliphatic hydroxyl groups is 1. The second-order valence-corrected chi connectivity index (χ2v) is 5.83. The first-order valence-corrected chi connectivity index (χ1v) is 6.52. The van der Waals surface area contributed by atoms with Crippen LogP contribution in [0.4, 0.5) is 10.1 Å². The highest BCUT2D eigenvalue weighted by atomic mass is 19.1. The summed E-state index contributed by atoms with van der Waals surface area (Å²) in [6.07, 6.45) is 0.366. The first-order chi connectivity index (χ1) is 9.66. The number of aliphatic hydroxyl groups excluding tert-OH is 1. The standard InChI is InChI=1S/C14H19FN2O4/c1-14(2,3)12(6-7-18)16-13(19)9-4-5-11(17(20)21)10(15)8-9/h4-5,8,12,18H,6-7H2,1-3H3,(H,16,19). The summed E-state index contributed by atoms with van der Waals surface area (Å²) in [6.45, 7) is 5.63. The number of halogens is 1. The highest BCUT2D eigenvalue weighted by Gasteiger charge is 2.26. The number of nitrogens with one attached hydrogen (secondary N) is 1. The van der Waals surface area contributed by atoms with E-state index in [1.54, 1.807) is 0 Å². The number of carbonyl (C=O) groups is 1. The van der Waals surface area contributed by atoms with Gasteiger partial charge in [0.15, 0.2) is 0 Å². The smallest absolute Gasteiger partial charge is 0.304 e. The van der Waals surface area contributed by atoms with Gasteiger partial charge < -0.3 is 10.4 Å². The lowest BCUT2D eigenvalue weighted by Crippen LogP contribution is -2.44. The SMILES string of the molecule is CC(C)(C)C(CCO)NC(=O)c1ccc([N+](=O)[O-])c(F)c1. The van der Waals surface area contributed by atoms with E-state index in [0.717, 1.165) is 12.1 Å². The van der Waals surface area contributed by atoms with Crippen LogP contribution in [0.25, 0.3) is 0 Å². The number of benzene rings is 1. The van der Waals surface area contributed by atoms with Gasteiger partial charge in [-0.05, 0) is 24.0 Å². The van der Waals surface area contributed by atoms with Gasteiger partial charge in [-0.25, -0.2) is 0 Å². The minimum Gasteiger partial charge on any atom is -0.396 e. The summed E-state index contributed by atoms with van der Waals surface area (Å²) in [5.74, 6) is -1.58. The topological polar surface area (TPSA) is 92.5 Å². The number of nitrogens with zero attached hydrogens (tertiary/aromatic N) is 1. The van der Waals surface area contributed by atoms with E-state index >= 15 is 0 Å². The molecule has 0 spiro atoms. The monoisotopic (exact) mass is 298 g/mol. The molecule has 0 radical (unpaired) electrons. The predicted octanol–water partition coefficient (Wildman–Crippen LogP) is 2.26. The van der Waals surface area contributed by atoms with Crippen molar-refractivity contribution in [3.8, 4) is 0 Å². The first kappa shape index (κ1) is 17.0. The van der Waals surface area contributed by atoms with Gasteiger partial charge in [0.1, 0.15) is 0 Å². The van der Waals surface area contributed by atoms with E-state index < -0.39 is 22.3 Å². The number of rotatable bonds is 5. The molecule has 0 aliphatic carbocycles. The average molecular weight is 298 g/mol. The first-order valence-electron chi connectivity index (χ1n) is 6.52. The number of nitro groups is 1. The molecule has 0 bridgehead atoms. The maximum absolute atomic E-state index is 13.5. The number of carbonyl (C=O) groups excluding carboxylic acids is 1. The van der Waals surface area contributed by atoms with Crippen LogP contribution in [0.15, 0.2) is 18.2 Å². The molecule has 2 N–H and O–H groups in total. The molecule has 0 saturated heterocycles. The van der Waals surface area contributed by atoms with Crippen molar-refractivity contribution in [2.24, 2.45) is 5.41 Å². The lowest BCUT2D eigenvalue weighted by atomic mass is 9.84. The second-order valence-electron chi connectivity index (χ2n) is 5.83. The van der Waals surface area contributed by atoms with Crippen molar-refractivity contribution in [3.05, 3.63) is 39.7 Å². The maximum atomic E-state index is 13.5. The molecule has 0 aliphatic heterocycles. The summed E-state index contributed by atoms with van der Waals surface area (Å²) >= 11 is 0. The van der Waals surface area contributed by atoms with Gasteiger partial charge in [-0.15, -0.1) is 0 Å². The fraction of sp³-hybridized carbons (Fsp3) is 0.500. The zero-order valence-corrected chi connectivity index (χ0v) is 12.2. The largest absolute Gasteiger partial charge is 0.396 e. The Balaban J connectivity index is 2.93. The Kier molecular flexibility index (Phi) is 5.37. The molecular formula is C14H19FN2O4. The van der Waals surface area contributed by atoms with Crippen molar-refractivity contribution in [2.75, 3.05) is 6.61 Å². The summed E-state index contributed by atoms with van der Waals surface area (Å²) in [7, 11) is 0. The zero-order chi connectivity index (χ0) is 16.2. The van der Waals surface area contributed by atoms with Gasteiger partial charge in [0, 0.05) is 24.3 Å². The normalized spacial score (nSPS) is 12.8. The van der Waals surface area contributed by atoms with Crippen LogP contribution < -0.4 is 5.32 Å². The van der Waals surface area contributed by atoms with Crippen molar-refractivity contribution >= 4 is 11.6 Å². The van der Waals surface area contributed by atoms with E-state index in [4.69, 9.17) is 5.11 Å². The summed E-state index contributed by atoms with van der Waals surface area (Å²) in [5, 5.41) is 22.3. The molecule has 1 aromatic rings. The van der Waals surface area contributed by atoms with Crippen LogP contribution in [0.3, 0.4) is 0 Å². The quantitative estimate of drug-likeness (QED) is 0.644. The Labute approximate surface area is 122 Å². The fourth-order valence-electron chi connectivity index (χ4n) is 1.89. The van der Waals surface area contributed by atoms with Crippen molar-refractivity contribution in [1.29, 1.82) is 0 Å². The Morgan fingerprint density at radius 2 is 2.10 bits per heavy atom. The lowest BCUT2D eigenvalue weighted by molar-refractivity contribution is -0.387. The number of nitro benzene ring substituents is 1. The fourth-order valence-corrected chi connectivity index (χ4v) is 1.89. The summed E-state index contributed by atoms with van der Waals surface area (Å²) in [6, 6.07) is 2.71. The van der Waals surface area contributed by atoms with Gasteiger partial charge >= 0.3 is 5.69 Å². The van der Waals surface area contributed by atoms with Crippen molar-refractivity contribution in [2.45, 2.75) is 33.2 Å². The number of hydrogen-bond acceptors (Lipinski definition) is 4. The molecular weight excluding hydrogens is 279 g/mol. The second kappa shape index (κ2) is 6.62. The molecule has 0 aromatic heterocycles. The van der Waals surface area contributed by atoms with E-state index in [2.05, 4.69) is 5.32 Å². The van der Waals surface area contributed by atoms with Gasteiger partial charge in [-0.1, -0.05) is 20.8 Å². The molecule has 0 saturated carbocycles. The Morgan fingerprint density at radius 1 is 1.48 bits per heavy atom. The highest BCUT2D eigenvalue weighted by molar-refractivity contribution is 5.94. The van der Waals surface area contributed by atoms with Crippen LogP contribution in [-0.4, -0.2) is 28.6 Å². The summed E-state index contributed by atoms with van der Waals surface area (Å²) in [5.41, 5.74) is -0.947. The third-order valence-corrected chi connectivity index (χ3v) is 3.18. The molecule has 0 fully saturated rings. The molecule has 0 heterocycles. The van der Waals surface area contributed by atoms with Crippen LogP contribution in [0, 0.1) is 21.3 Å². The van der Waals surface area contributed by atoms with E-state index in [0.29, 0.717) is 6.42 Å². The van der Waals surface area contributed by atoms with Crippen molar-refractivity contribution < 1.29 is 19.2 Å². The molecule has 1 rings (SSSR count). The predicted molar refractivity (Wildman–Crippen MR) is 75.5 cm³/mol. The molecule has 6 nitrogen and oxygen atoms in total. The average Bonchev–Trinajstić information content (AvgIpc) is 2.36. The van der Waals surface area contributed by atoms with Gasteiger partial charge in [-0.3, -0.25) is 14.9 Å². The van der Waals surface area contributed by atoms with Crippen LogP contribution in [-0.2, 0) is 0 Å². The van der Waals surface area contributed by atoms with E-state index in [9.17, 15) is 19.3 Å². The molecule has 1 atom stereocenters. The summed E-state index contributed by atoms with van der Waals surface area (Å²) in [4.78, 5) is 21.8. The Hall–Kier alpha value is -2.02.